The number of rotatable bonds is 2. The summed E-state index contributed by atoms with van der Waals surface area (Å²) in [6.45, 7) is 4.00. The summed E-state index contributed by atoms with van der Waals surface area (Å²) in [4.78, 5) is 4.16. The monoisotopic (exact) mass is 341 g/mol. The molecule has 0 aliphatic carbocycles. The van der Waals surface area contributed by atoms with Gasteiger partial charge in [-0.25, -0.2) is 9.37 Å². The Morgan fingerprint density at radius 1 is 0.917 bits per heavy atom. The maximum absolute atomic E-state index is 13.3. The van der Waals surface area contributed by atoms with Crippen LogP contribution in [-0.4, -0.2) is 18.5 Å². The second-order valence-electron chi connectivity index (χ2n) is 4.54. The molecular weight excluding hydrogens is 326 g/mol. The van der Waals surface area contributed by atoms with Gasteiger partial charge in [-0.15, -0.1) is 13.2 Å². The predicted octanol–water partition coefficient (Wildman–Crippen LogP) is 5.46. The molecule has 0 saturated heterocycles. The lowest BCUT2D eigenvalue weighted by atomic mass is 10.1. The zero-order chi connectivity index (χ0) is 17.9. The van der Waals surface area contributed by atoms with E-state index in [0.29, 0.717) is 16.2 Å². The molecule has 3 aromatic rings. The summed E-state index contributed by atoms with van der Waals surface area (Å²) in [5.41, 5.74) is 0.286. The van der Waals surface area contributed by atoms with Crippen LogP contribution < -0.4 is 9.47 Å². The third kappa shape index (κ3) is 3.67. The van der Waals surface area contributed by atoms with E-state index in [0.717, 1.165) is 0 Å². The zero-order valence-electron chi connectivity index (χ0n) is 13.2. The first-order chi connectivity index (χ1) is 11.4. The molecule has 0 fully saturated rings. The number of nitrogens with zero attached hydrogens (tertiary/aromatic N) is 1. The quantitative estimate of drug-likeness (QED) is 0.458. The zero-order valence-corrected chi connectivity index (χ0v) is 13.2. The lowest BCUT2D eigenvalue weighted by Crippen LogP contribution is -2.17. The third-order valence-corrected chi connectivity index (χ3v) is 3.12. The molecule has 3 nitrogen and oxygen atoms in total. The van der Waals surface area contributed by atoms with E-state index in [1.807, 2.05) is 13.8 Å². The summed E-state index contributed by atoms with van der Waals surface area (Å²) in [6.07, 6.45) is -4.79. The van der Waals surface area contributed by atoms with Crippen LogP contribution in [0.5, 0.6) is 11.6 Å². The molecule has 0 aliphatic rings. The normalized spacial score (nSPS) is 11.1. The van der Waals surface area contributed by atoms with E-state index in [1.54, 1.807) is 0 Å². The SMILES string of the molecule is CC.COc1nc2cc(F)ccc2c2cc(OC(F)(F)F)ccc12. The topological polar surface area (TPSA) is 31.4 Å². The number of hydrogen-bond donors (Lipinski definition) is 0. The van der Waals surface area contributed by atoms with Crippen molar-refractivity contribution in [2.75, 3.05) is 7.11 Å². The smallest absolute Gasteiger partial charge is 0.481 e. The van der Waals surface area contributed by atoms with Crippen LogP contribution in [0.15, 0.2) is 36.4 Å². The highest BCUT2D eigenvalue weighted by Gasteiger charge is 2.31. The third-order valence-electron chi connectivity index (χ3n) is 3.12. The Balaban J connectivity index is 0.00000100. The number of pyridine rings is 1. The molecule has 1 aromatic heterocycles. The van der Waals surface area contributed by atoms with Crippen LogP contribution in [0.25, 0.3) is 21.7 Å². The molecule has 0 spiro atoms. The minimum Gasteiger partial charge on any atom is -0.481 e. The number of fused-ring (bicyclic) bond motifs is 3. The van der Waals surface area contributed by atoms with Gasteiger partial charge >= 0.3 is 6.36 Å². The van der Waals surface area contributed by atoms with Gasteiger partial charge in [0.1, 0.15) is 11.6 Å². The first kappa shape index (κ1) is 17.8. The van der Waals surface area contributed by atoms with Gasteiger partial charge in [-0.3, -0.25) is 0 Å². The van der Waals surface area contributed by atoms with E-state index >= 15 is 0 Å². The number of hydrogen-bond acceptors (Lipinski definition) is 3. The largest absolute Gasteiger partial charge is 0.573 e. The number of benzene rings is 2. The summed E-state index contributed by atoms with van der Waals surface area (Å²) in [6, 6.07) is 7.69. The van der Waals surface area contributed by atoms with Gasteiger partial charge in [0.25, 0.3) is 0 Å². The average molecular weight is 341 g/mol. The van der Waals surface area contributed by atoms with E-state index in [-0.39, 0.29) is 17.1 Å². The molecule has 3 rings (SSSR count). The van der Waals surface area contributed by atoms with Crippen LogP contribution in [0.1, 0.15) is 13.8 Å². The maximum Gasteiger partial charge on any atom is 0.573 e. The van der Waals surface area contributed by atoms with Crippen LogP contribution in [0.3, 0.4) is 0 Å². The number of ether oxygens (including phenoxy) is 2. The molecule has 0 bridgehead atoms. The summed E-state index contributed by atoms with van der Waals surface area (Å²) in [5, 5.41) is 1.45. The standard InChI is InChI=1S/C15H9F4NO2.C2H6/c1-21-14-11-5-3-9(22-15(17,18)19)7-12(11)10-4-2-8(16)6-13(10)20-14;1-2/h2-7H,1H3;1-2H3. The van der Waals surface area contributed by atoms with Crippen molar-refractivity contribution in [3.8, 4) is 11.6 Å². The molecule has 7 heteroatoms. The fourth-order valence-corrected chi connectivity index (χ4v) is 2.28. The van der Waals surface area contributed by atoms with Crippen molar-refractivity contribution < 1.29 is 27.0 Å². The van der Waals surface area contributed by atoms with Gasteiger partial charge in [-0.05, 0) is 30.3 Å². The summed E-state index contributed by atoms with van der Waals surface area (Å²) >= 11 is 0. The van der Waals surface area contributed by atoms with Crippen LogP contribution in [-0.2, 0) is 0 Å². The molecule has 0 saturated carbocycles. The number of halogens is 4. The van der Waals surface area contributed by atoms with Crippen molar-refractivity contribution in [3.05, 3.63) is 42.2 Å². The van der Waals surface area contributed by atoms with E-state index in [2.05, 4.69) is 9.72 Å². The van der Waals surface area contributed by atoms with Crippen molar-refractivity contribution in [2.45, 2.75) is 20.2 Å². The molecule has 1 heterocycles. The Labute approximate surface area is 135 Å². The average Bonchev–Trinajstić information content (AvgIpc) is 2.54. The fraction of sp³-hybridized carbons (Fsp3) is 0.235. The van der Waals surface area contributed by atoms with Gasteiger partial charge in [0, 0.05) is 22.2 Å². The second-order valence-corrected chi connectivity index (χ2v) is 4.54. The molecule has 0 amide bonds. The molecule has 2 aromatic carbocycles. The van der Waals surface area contributed by atoms with E-state index < -0.39 is 12.2 Å². The summed E-state index contributed by atoms with van der Waals surface area (Å²) in [5.74, 6) is -0.658. The van der Waals surface area contributed by atoms with Crippen LogP contribution >= 0.6 is 0 Å². The number of aromatic nitrogens is 1. The van der Waals surface area contributed by atoms with Crippen LogP contribution in [0.2, 0.25) is 0 Å². The predicted molar refractivity (Wildman–Crippen MR) is 83.8 cm³/mol. The molecule has 0 N–H and O–H groups in total. The van der Waals surface area contributed by atoms with Gasteiger partial charge in [-0.2, -0.15) is 0 Å². The minimum absolute atomic E-state index is 0.201. The molecule has 0 atom stereocenters. The molecule has 0 aliphatic heterocycles. The highest BCUT2D eigenvalue weighted by Crippen LogP contribution is 2.34. The van der Waals surface area contributed by atoms with Gasteiger partial charge in [0.05, 0.1) is 12.6 Å². The molecule has 128 valence electrons. The van der Waals surface area contributed by atoms with E-state index in [1.165, 1.54) is 43.5 Å². The van der Waals surface area contributed by atoms with Crippen molar-refractivity contribution in [1.82, 2.24) is 4.98 Å². The van der Waals surface area contributed by atoms with E-state index in [9.17, 15) is 17.6 Å². The van der Waals surface area contributed by atoms with Crippen LogP contribution in [0, 0.1) is 5.82 Å². The van der Waals surface area contributed by atoms with Crippen LogP contribution in [0.4, 0.5) is 17.6 Å². The Hall–Kier alpha value is -2.57. The van der Waals surface area contributed by atoms with E-state index in [4.69, 9.17) is 4.74 Å². The Kier molecular flexibility index (Phi) is 5.11. The number of methoxy groups -OCH3 is 1. The highest BCUT2D eigenvalue weighted by atomic mass is 19.4. The lowest BCUT2D eigenvalue weighted by molar-refractivity contribution is -0.274. The summed E-state index contributed by atoms with van der Waals surface area (Å²) in [7, 11) is 1.38. The molecule has 24 heavy (non-hydrogen) atoms. The first-order valence-electron chi connectivity index (χ1n) is 7.20. The number of alkyl halides is 3. The van der Waals surface area contributed by atoms with Gasteiger partial charge < -0.3 is 9.47 Å². The first-order valence-corrected chi connectivity index (χ1v) is 7.20. The van der Waals surface area contributed by atoms with Gasteiger partial charge in [-0.1, -0.05) is 13.8 Å². The van der Waals surface area contributed by atoms with Crippen molar-refractivity contribution >= 4 is 21.7 Å². The molecule has 0 radical (unpaired) electrons. The minimum atomic E-state index is -4.79. The fourth-order valence-electron chi connectivity index (χ4n) is 2.28. The maximum atomic E-state index is 13.3. The Morgan fingerprint density at radius 3 is 2.21 bits per heavy atom. The Morgan fingerprint density at radius 2 is 1.58 bits per heavy atom. The highest BCUT2D eigenvalue weighted by molar-refractivity contribution is 6.08. The summed E-state index contributed by atoms with van der Waals surface area (Å²) < 4.78 is 59.4. The van der Waals surface area contributed by atoms with Crippen molar-refractivity contribution in [3.63, 3.8) is 0 Å². The van der Waals surface area contributed by atoms with Crippen molar-refractivity contribution in [2.24, 2.45) is 0 Å². The van der Waals surface area contributed by atoms with Gasteiger partial charge in [0.15, 0.2) is 0 Å². The van der Waals surface area contributed by atoms with Crippen molar-refractivity contribution in [1.29, 1.82) is 0 Å². The van der Waals surface area contributed by atoms with Gasteiger partial charge in [0.2, 0.25) is 5.88 Å². The lowest BCUT2D eigenvalue weighted by Gasteiger charge is -2.12. The Bertz CT molecular complexity index is 862. The molecular formula is C17H15F4NO2. The second kappa shape index (κ2) is 6.90. The molecule has 0 unspecified atom stereocenters.